The van der Waals surface area contributed by atoms with Crippen LogP contribution in [-0.2, 0) is 35.6 Å². The Morgan fingerprint density at radius 1 is 0.833 bits per heavy atom. The van der Waals surface area contributed by atoms with Crippen LogP contribution in [-0.4, -0.2) is 83.8 Å². The number of sulfonamides is 1. The number of hydrogen-bond donors (Lipinski definition) is 1. The molecular weight excluding hydrogens is 562 g/mol. The number of amides is 1. The van der Waals surface area contributed by atoms with Gasteiger partial charge < -0.3 is 29.2 Å². The number of rotatable bonds is 10. The third-order valence-electron chi connectivity index (χ3n) is 6.88. The number of carbonyl (C=O) groups is 2. The van der Waals surface area contributed by atoms with Crippen molar-refractivity contribution in [2.45, 2.75) is 11.5 Å². The average molecular weight is 596 g/mol. The maximum Gasteiger partial charge on any atom is 0.342 e. The zero-order chi connectivity index (χ0) is 29.4. The number of esters is 1. The third kappa shape index (κ3) is 7.26. The zero-order valence-electron chi connectivity index (χ0n) is 23.1. The van der Waals surface area contributed by atoms with Crippen LogP contribution < -0.4 is 15.0 Å². The second kappa shape index (κ2) is 13.8. The van der Waals surface area contributed by atoms with Crippen molar-refractivity contribution in [2.24, 2.45) is 0 Å². The predicted octanol–water partition coefficient (Wildman–Crippen LogP) is 2.92. The molecule has 2 fully saturated rings. The van der Waals surface area contributed by atoms with Gasteiger partial charge in [-0.1, -0.05) is 42.5 Å². The van der Waals surface area contributed by atoms with Crippen LogP contribution in [0.4, 0.5) is 11.4 Å². The number of anilines is 2. The molecule has 2 heterocycles. The summed E-state index contributed by atoms with van der Waals surface area (Å²) in [6.07, 6.45) is 0. The molecule has 2 aliphatic heterocycles. The predicted molar refractivity (Wildman–Crippen MR) is 155 cm³/mol. The fourth-order valence-corrected chi connectivity index (χ4v) is 6.12. The van der Waals surface area contributed by atoms with Gasteiger partial charge in [0.1, 0.15) is 17.9 Å². The van der Waals surface area contributed by atoms with Gasteiger partial charge in [0.05, 0.1) is 42.7 Å². The monoisotopic (exact) mass is 595 g/mol. The van der Waals surface area contributed by atoms with Crippen LogP contribution in [0.1, 0.15) is 15.9 Å². The van der Waals surface area contributed by atoms with Crippen molar-refractivity contribution in [3.63, 3.8) is 0 Å². The molecule has 12 heteroatoms. The van der Waals surface area contributed by atoms with Gasteiger partial charge in [-0.25, -0.2) is 13.2 Å². The first-order valence-corrected chi connectivity index (χ1v) is 15.1. The van der Waals surface area contributed by atoms with Gasteiger partial charge in [-0.15, -0.1) is 0 Å². The zero-order valence-corrected chi connectivity index (χ0v) is 23.9. The van der Waals surface area contributed by atoms with Crippen molar-refractivity contribution >= 4 is 33.3 Å². The van der Waals surface area contributed by atoms with Crippen molar-refractivity contribution in [1.82, 2.24) is 4.31 Å². The molecule has 5 rings (SSSR count). The molecule has 3 aromatic rings. The fourth-order valence-electron chi connectivity index (χ4n) is 4.68. The highest BCUT2D eigenvalue weighted by atomic mass is 32.2. The molecule has 2 saturated heterocycles. The number of benzene rings is 3. The Morgan fingerprint density at radius 3 is 2.24 bits per heavy atom. The van der Waals surface area contributed by atoms with Crippen LogP contribution in [0.15, 0.2) is 77.7 Å². The quantitative estimate of drug-likeness (QED) is 0.353. The molecule has 11 nitrogen and oxygen atoms in total. The third-order valence-corrected chi connectivity index (χ3v) is 8.77. The molecule has 1 amide bonds. The minimum absolute atomic E-state index is 0.0539. The summed E-state index contributed by atoms with van der Waals surface area (Å²) >= 11 is 0. The van der Waals surface area contributed by atoms with Gasteiger partial charge in [-0.2, -0.15) is 4.31 Å². The normalized spacial score (nSPS) is 16.0. The molecular formula is C30H33N3O8S. The summed E-state index contributed by atoms with van der Waals surface area (Å²) < 4.78 is 49.9. The van der Waals surface area contributed by atoms with Crippen molar-refractivity contribution in [2.75, 3.05) is 69.4 Å². The van der Waals surface area contributed by atoms with E-state index in [9.17, 15) is 18.0 Å². The summed E-state index contributed by atoms with van der Waals surface area (Å²) in [4.78, 5) is 28.0. The van der Waals surface area contributed by atoms with E-state index in [4.69, 9.17) is 18.9 Å². The Morgan fingerprint density at radius 2 is 1.50 bits per heavy atom. The molecule has 0 radical (unpaired) electrons. The van der Waals surface area contributed by atoms with Crippen LogP contribution in [0, 0.1) is 0 Å². The Bertz CT molecular complexity index is 1490. The molecule has 0 bridgehead atoms. The first-order valence-electron chi connectivity index (χ1n) is 13.7. The van der Waals surface area contributed by atoms with E-state index in [0.717, 1.165) is 5.56 Å². The minimum atomic E-state index is -3.80. The highest BCUT2D eigenvalue weighted by molar-refractivity contribution is 7.89. The number of carbonyl (C=O) groups excluding carboxylic acids is 2. The Labute approximate surface area is 245 Å². The first-order chi connectivity index (χ1) is 20.4. The van der Waals surface area contributed by atoms with E-state index in [2.05, 4.69) is 5.32 Å². The number of morpholine rings is 2. The molecule has 0 atom stereocenters. The molecule has 1 N–H and O–H groups in total. The average Bonchev–Trinajstić information content (AvgIpc) is 3.04. The number of para-hydroxylation sites is 1. The van der Waals surface area contributed by atoms with Crippen molar-refractivity contribution < 1.29 is 37.0 Å². The van der Waals surface area contributed by atoms with Crippen LogP contribution in [0.25, 0.3) is 0 Å². The highest BCUT2D eigenvalue weighted by Crippen LogP contribution is 2.31. The number of nitrogens with zero attached hydrogens (tertiary/aromatic N) is 2. The van der Waals surface area contributed by atoms with Crippen molar-refractivity contribution in [1.29, 1.82) is 0 Å². The van der Waals surface area contributed by atoms with Crippen molar-refractivity contribution in [3.8, 4) is 5.75 Å². The molecule has 0 aromatic heterocycles. The van der Waals surface area contributed by atoms with Crippen LogP contribution in [0.5, 0.6) is 5.75 Å². The summed E-state index contributed by atoms with van der Waals surface area (Å²) in [5.41, 5.74) is 2.08. The number of hydrogen-bond acceptors (Lipinski definition) is 9. The summed E-state index contributed by atoms with van der Waals surface area (Å²) in [6, 6.07) is 20.9. The topological polar surface area (TPSA) is 124 Å². The lowest BCUT2D eigenvalue weighted by Gasteiger charge is -2.31. The van der Waals surface area contributed by atoms with Gasteiger partial charge in [0, 0.05) is 26.2 Å². The van der Waals surface area contributed by atoms with E-state index < -0.39 is 28.5 Å². The van der Waals surface area contributed by atoms with Gasteiger partial charge in [-0.3, -0.25) is 4.79 Å². The number of ether oxygens (including phenoxy) is 4. The summed E-state index contributed by atoms with van der Waals surface area (Å²) in [5.74, 6) is -0.991. The fraction of sp³-hybridized carbons (Fsp3) is 0.333. The van der Waals surface area contributed by atoms with Crippen LogP contribution in [0.3, 0.4) is 0 Å². The molecule has 2 aliphatic rings. The van der Waals surface area contributed by atoms with Gasteiger partial charge in [0.2, 0.25) is 10.0 Å². The standard InChI is InChI=1S/C30H33N3O8S/c34-29(22-41-30(35)25-8-4-5-9-28(25)40-21-23-6-2-1-3-7-23)31-26-20-24(42(36,37)33-14-18-39-19-15-33)10-11-27(26)32-12-16-38-17-13-32/h1-11,20H,12-19,21-22H2,(H,31,34). The molecule has 0 saturated carbocycles. The van der Waals surface area contributed by atoms with E-state index in [0.29, 0.717) is 56.6 Å². The molecule has 0 spiro atoms. The lowest BCUT2D eigenvalue weighted by Crippen LogP contribution is -2.40. The Balaban J connectivity index is 1.28. The largest absolute Gasteiger partial charge is 0.488 e. The highest BCUT2D eigenvalue weighted by Gasteiger charge is 2.28. The Hall–Kier alpha value is -3.97. The Kier molecular flexibility index (Phi) is 9.70. The maximum atomic E-state index is 13.3. The lowest BCUT2D eigenvalue weighted by atomic mass is 10.2. The second-order valence-electron chi connectivity index (χ2n) is 9.69. The van der Waals surface area contributed by atoms with E-state index >= 15 is 0 Å². The van der Waals surface area contributed by atoms with Gasteiger partial charge >= 0.3 is 5.97 Å². The molecule has 3 aromatic carbocycles. The second-order valence-corrected chi connectivity index (χ2v) is 11.6. The molecule has 0 unspecified atom stereocenters. The van der Waals surface area contributed by atoms with E-state index in [1.54, 1.807) is 30.3 Å². The first kappa shape index (κ1) is 29.5. The minimum Gasteiger partial charge on any atom is -0.488 e. The van der Waals surface area contributed by atoms with Gasteiger partial charge in [0.15, 0.2) is 6.61 Å². The van der Waals surface area contributed by atoms with Gasteiger partial charge in [-0.05, 0) is 35.9 Å². The summed E-state index contributed by atoms with van der Waals surface area (Å²) in [6.45, 7) is 2.99. The molecule has 222 valence electrons. The van der Waals surface area contributed by atoms with E-state index in [-0.39, 0.29) is 30.2 Å². The van der Waals surface area contributed by atoms with Gasteiger partial charge in [0.25, 0.3) is 5.91 Å². The maximum absolute atomic E-state index is 13.3. The van der Waals surface area contributed by atoms with Crippen molar-refractivity contribution in [3.05, 3.63) is 83.9 Å². The smallest absolute Gasteiger partial charge is 0.342 e. The van der Waals surface area contributed by atoms with Crippen LogP contribution in [0.2, 0.25) is 0 Å². The van der Waals surface area contributed by atoms with E-state index in [1.165, 1.54) is 16.4 Å². The summed E-state index contributed by atoms with van der Waals surface area (Å²) in [7, 11) is -3.80. The number of nitrogens with one attached hydrogen (secondary N) is 1. The lowest BCUT2D eigenvalue weighted by molar-refractivity contribution is -0.119. The molecule has 0 aliphatic carbocycles. The van der Waals surface area contributed by atoms with E-state index in [1.807, 2.05) is 35.2 Å². The summed E-state index contributed by atoms with van der Waals surface area (Å²) in [5, 5.41) is 2.75. The SMILES string of the molecule is O=C(COC(=O)c1ccccc1OCc1ccccc1)Nc1cc(S(=O)(=O)N2CCOCC2)ccc1N1CCOCC1. The molecule has 42 heavy (non-hydrogen) atoms. The van der Waals surface area contributed by atoms with Crippen LogP contribution >= 0.6 is 0 Å².